The van der Waals surface area contributed by atoms with E-state index in [1.54, 1.807) is 17.0 Å². The molecule has 22 heavy (non-hydrogen) atoms. The smallest absolute Gasteiger partial charge is 0.410 e. The fourth-order valence-electron chi connectivity index (χ4n) is 2.48. The van der Waals surface area contributed by atoms with Crippen LogP contribution < -0.4 is 0 Å². The van der Waals surface area contributed by atoms with Gasteiger partial charge in [-0.05, 0) is 51.3 Å². The first-order chi connectivity index (χ1) is 10.3. The van der Waals surface area contributed by atoms with Gasteiger partial charge in [0.1, 0.15) is 11.4 Å². The first kappa shape index (κ1) is 18.4. The third kappa shape index (κ3) is 5.64. The summed E-state index contributed by atoms with van der Waals surface area (Å²) in [6, 6.07) is 6.56. The van der Waals surface area contributed by atoms with E-state index in [0.29, 0.717) is 6.54 Å². The van der Waals surface area contributed by atoms with Crippen molar-refractivity contribution in [2.75, 3.05) is 20.2 Å². The Bertz CT molecular complexity index is 468. The molecule has 1 N–H and O–H groups in total. The molecule has 1 unspecified atom stereocenters. The minimum absolute atomic E-state index is 0.228. The van der Waals surface area contributed by atoms with E-state index in [4.69, 9.17) is 9.84 Å². The van der Waals surface area contributed by atoms with Crippen LogP contribution in [0.15, 0.2) is 24.3 Å². The SMILES string of the molecule is CC(C)(C)OC(=O)N1CCCC(c2ccc(F)cc2)C1.CO. The van der Waals surface area contributed by atoms with Crippen molar-refractivity contribution in [3.05, 3.63) is 35.6 Å². The van der Waals surface area contributed by atoms with Crippen LogP contribution in [0.5, 0.6) is 0 Å². The van der Waals surface area contributed by atoms with Crippen LogP contribution in [0.3, 0.4) is 0 Å². The topological polar surface area (TPSA) is 49.8 Å². The van der Waals surface area contributed by atoms with Gasteiger partial charge in [0.25, 0.3) is 0 Å². The molecule has 1 aromatic rings. The molecule has 1 heterocycles. The van der Waals surface area contributed by atoms with Crippen molar-refractivity contribution in [2.45, 2.75) is 45.1 Å². The second kappa shape index (κ2) is 8.13. The summed E-state index contributed by atoms with van der Waals surface area (Å²) in [5.74, 6) is 0.0328. The number of aliphatic hydroxyl groups is 1. The summed E-state index contributed by atoms with van der Waals surface area (Å²) < 4.78 is 18.4. The lowest BCUT2D eigenvalue weighted by Gasteiger charge is -2.34. The lowest BCUT2D eigenvalue weighted by atomic mass is 9.91. The number of amides is 1. The molecule has 1 aliphatic rings. The highest BCUT2D eigenvalue weighted by molar-refractivity contribution is 5.68. The standard InChI is InChI=1S/C16H22FNO2.CH4O/c1-16(2,3)20-15(19)18-10-4-5-13(11-18)12-6-8-14(17)9-7-12;1-2/h6-9,13H,4-5,10-11H2,1-3H3;2H,1H3. The minimum Gasteiger partial charge on any atom is -0.444 e. The highest BCUT2D eigenvalue weighted by Crippen LogP contribution is 2.27. The third-order valence-electron chi connectivity index (χ3n) is 3.41. The quantitative estimate of drug-likeness (QED) is 0.863. The van der Waals surface area contributed by atoms with Crippen LogP contribution in [-0.2, 0) is 4.74 Å². The summed E-state index contributed by atoms with van der Waals surface area (Å²) in [6.07, 6.45) is 1.70. The molecule has 4 nitrogen and oxygen atoms in total. The zero-order chi connectivity index (χ0) is 16.8. The molecule has 0 spiro atoms. The Kier molecular flexibility index (Phi) is 6.81. The molecule has 1 saturated heterocycles. The Morgan fingerprint density at radius 2 is 1.86 bits per heavy atom. The van der Waals surface area contributed by atoms with Crippen molar-refractivity contribution >= 4 is 6.09 Å². The second-order valence-electron chi connectivity index (χ2n) is 6.32. The van der Waals surface area contributed by atoms with E-state index in [1.165, 1.54) is 12.1 Å². The van der Waals surface area contributed by atoms with Crippen LogP contribution in [-0.4, -0.2) is 41.9 Å². The minimum atomic E-state index is -0.472. The molecule has 0 radical (unpaired) electrons. The molecule has 1 amide bonds. The van der Waals surface area contributed by atoms with Gasteiger partial charge in [-0.1, -0.05) is 12.1 Å². The number of carbonyl (C=O) groups excluding carboxylic acids is 1. The van der Waals surface area contributed by atoms with Gasteiger partial charge >= 0.3 is 6.09 Å². The number of nitrogens with zero attached hydrogens (tertiary/aromatic N) is 1. The maximum absolute atomic E-state index is 13.0. The fraction of sp³-hybridized carbons (Fsp3) is 0.588. The van der Waals surface area contributed by atoms with Crippen LogP contribution in [0.2, 0.25) is 0 Å². The number of benzene rings is 1. The lowest BCUT2D eigenvalue weighted by molar-refractivity contribution is 0.0198. The average Bonchev–Trinajstić information content (AvgIpc) is 2.48. The fourth-order valence-corrected chi connectivity index (χ4v) is 2.48. The number of hydrogen-bond acceptors (Lipinski definition) is 3. The van der Waals surface area contributed by atoms with Gasteiger partial charge in [-0.2, -0.15) is 0 Å². The first-order valence-electron chi connectivity index (χ1n) is 7.53. The zero-order valence-corrected chi connectivity index (χ0v) is 13.8. The number of piperidine rings is 1. The number of ether oxygens (including phenoxy) is 1. The van der Waals surface area contributed by atoms with Crippen molar-refractivity contribution in [2.24, 2.45) is 0 Å². The van der Waals surface area contributed by atoms with Crippen LogP contribution in [0, 0.1) is 5.82 Å². The van der Waals surface area contributed by atoms with E-state index in [-0.39, 0.29) is 17.8 Å². The molecule has 0 saturated carbocycles. The van der Waals surface area contributed by atoms with Gasteiger partial charge in [0, 0.05) is 26.1 Å². The Hall–Kier alpha value is -1.62. The van der Waals surface area contributed by atoms with Crippen LogP contribution >= 0.6 is 0 Å². The monoisotopic (exact) mass is 311 g/mol. The van der Waals surface area contributed by atoms with Crippen molar-refractivity contribution in [3.8, 4) is 0 Å². The van der Waals surface area contributed by atoms with E-state index in [1.807, 2.05) is 20.8 Å². The van der Waals surface area contributed by atoms with Gasteiger partial charge in [-0.25, -0.2) is 9.18 Å². The van der Waals surface area contributed by atoms with Gasteiger partial charge in [0.15, 0.2) is 0 Å². The predicted octanol–water partition coefficient (Wildman–Crippen LogP) is 3.55. The lowest BCUT2D eigenvalue weighted by Crippen LogP contribution is -2.42. The van der Waals surface area contributed by atoms with Crippen molar-refractivity contribution in [3.63, 3.8) is 0 Å². The normalized spacial score (nSPS) is 18.3. The Morgan fingerprint density at radius 3 is 2.41 bits per heavy atom. The van der Waals surface area contributed by atoms with Gasteiger partial charge in [-0.3, -0.25) is 0 Å². The maximum atomic E-state index is 13.0. The third-order valence-corrected chi connectivity index (χ3v) is 3.41. The second-order valence-corrected chi connectivity index (χ2v) is 6.32. The molecule has 0 bridgehead atoms. The number of halogens is 1. The summed E-state index contributed by atoms with van der Waals surface area (Å²) >= 11 is 0. The maximum Gasteiger partial charge on any atom is 0.410 e. The van der Waals surface area contributed by atoms with E-state index < -0.39 is 5.60 Å². The van der Waals surface area contributed by atoms with Gasteiger partial charge in [-0.15, -0.1) is 0 Å². The van der Waals surface area contributed by atoms with E-state index in [9.17, 15) is 9.18 Å². The first-order valence-corrected chi connectivity index (χ1v) is 7.53. The molecule has 1 aromatic carbocycles. The molecule has 1 atom stereocenters. The summed E-state index contributed by atoms with van der Waals surface area (Å²) in [5.41, 5.74) is 0.611. The summed E-state index contributed by atoms with van der Waals surface area (Å²) in [4.78, 5) is 13.8. The largest absolute Gasteiger partial charge is 0.444 e. The zero-order valence-electron chi connectivity index (χ0n) is 13.8. The molecule has 0 aliphatic carbocycles. The Balaban J connectivity index is 0.00000116. The highest BCUT2D eigenvalue weighted by atomic mass is 19.1. The Morgan fingerprint density at radius 1 is 1.27 bits per heavy atom. The summed E-state index contributed by atoms with van der Waals surface area (Å²) in [6.45, 7) is 6.97. The van der Waals surface area contributed by atoms with Gasteiger partial charge in [0.2, 0.25) is 0 Å². The molecule has 0 aromatic heterocycles. The summed E-state index contributed by atoms with van der Waals surface area (Å²) in [7, 11) is 1.00. The number of hydrogen-bond donors (Lipinski definition) is 1. The molecular weight excluding hydrogens is 285 g/mol. The average molecular weight is 311 g/mol. The summed E-state index contributed by atoms with van der Waals surface area (Å²) in [5, 5.41) is 7.00. The van der Waals surface area contributed by atoms with Crippen LogP contribution in [0.4, 0.5) is 9.18 Å². The van der Waals surface area contributed by atoms with Gasteiger partial charge < -0.3 is 14.7 Å². The van der Waals surface area contributed by atoms with Crippen LogP contribution in [0.25, 0.3) is 0 Å². The molecule has 124 valence electrons. The van der Waals surface area contributed by atoms with E-state index in [0.717, 1.165) is 32.1 Å². The van der Waals surface area contributed by atoms with Crippen molar-refractivity contribution in [1.82, 2.24) is 4.90 Å². The highest BCUT2D eigenvalue weighted by Gasteiger charge is 2.28. The molecule has 1 aliphatic heterocycles. The van der Waals surface area contributed by atoms with Gasteiger partial charge in [0.05, 0.1) is 0 Å². The van der Waals surface area contributed by atoms with E-state index in [2.05, 4.69) is 0 Å². The molecule has 5 heteroatoms. The molecule has 1 fully saturated rings. The number of rotatable bonds is 1. The number of aliphatic hydroxyl groups excluding tert-OH is 1. The Labute approximate surface area is 131 Å². The molecular formula is C17H26FNO3. The van der Waals surface area contributed by atoms with E-state index >= 15 is 0 Å². The van der Waals surface area contributed by atoms with Crippen molar-refractivity contribution < 1.29 is 19.0 Å². The number of likely N-dealkylation sites (tertiary alicyclic amines) is 1. The predicted molar refractivity (Wildman–Crippen MR) is 84.3 cm³/mol. The molecule has 2 rings (SSSR count). The van der Waals surface area contributed by atoms with Crippen LogP contribution in [0.1, 0.15) is 45.1 Å². The van der Waals surface area contributed by atoms with Crippen molar-refractivity contribution in [1.29, 1.82) is 0 Å². The number of carbonyl (C=O) groups is 1.